The molecule has 0 unspecified atom stereocenters. The molecule has 0 amide bonds. The molecule has 1 aromatic carbocycles. The van der Waals surface area contributed by atoms with Gasteiger partial charge in [0.1, 0.15) is 5.56 Å². The largest absolute Gasteiger partial charge is 0.477 e. The Hall–Kier alpha value is -2.73. The fraction of sp³-hybridized carbons (Fsp3) is 0.0625. The fourth-order valence-corrected chi connectivity index (χ4v) is 3.00. The molecule has 0 fully saturated rings. The first-order chi connectivity index (χ1) is 10.6. The van der Waals surface area contributed by atoms with Gasteiger partial charge in [-0.1, -0.05) is 24.3 Å². The third-order valence-electron chi connectivity index (χ3n) is 3.30. The van der Waals surface area contributed by atoms with Crippen molar-refractivity contribution in [3.63, 3.8) is 0 Å². The second kappa shape index (κ2) is 5.57. The third kappa shape index (κ3) is 2.44. The SMILES string of the molecule is O=C(O)c1cc2ccccc2n(C(=O)Cc2cccs2)c1=O. The average molecular weight is 313 g/mol. The highest BCUT2D eigenvalue weighted by molar-refractivity contribution is 7.10. The molecular weight excluding hydrogens is 302 g/mol. The molecule has 0 bridgehead atoms. The minimum atomic E-state index is -1.34. The van der Waals surface area contributed by atoms with Gasteiger partial charge >= 0.3 is 5.97 Å². The van der Waals surface area contributed by atoms with Crippen molar-refractivity contribution >= 4 is 34.1 Å². The number of carbonyl (C=O) groups is 2. The van der Waals surface area contributed by atoms with E-state index in [0.29, 0.717) is 10.9 Å². The van der Waals surface area contributed by atoms with Gasteiger partial charge in [0, 0.05) is 4.88 Å². The summed E-state index contributed by atoms with van der Waals surface area (Å²) >= 11 is 1.42. The first-order valence-corrected chi connectivity index (χ1v) is 7.39. The highest BCUT2D eigenvalue weighted by Crippen LogP contribution is 2.16. The normalized spacial score (nSPS) is 10.7. The van der Waals surface area contributed by atoms with Gasteiger partial charge in [-0.05, 0) is 29.0 Å². The predicted molar refractivity (Wildman–Crippen MR) is 83.8 cm³/mol. The smallest absolute Gasteiger partial charge is 0.341 e. The van der Waals surface area contributed by atoms with Gasteiger partial charge in [-0.3, -0.25) is 9.59 Å². The number of benzene rings is 1. The molecule has 0 radical (unpaired) electrons. The zero-order valence-corrected chi connectivity index (χ0v) is 12.2. The highest BCUT2D eigenvalue weighted by atomic mass is 32.1. The van der Waals surface area contributed by atoms with E-state index in [4.69, 9.17) is 5.11 Å². The van der Waals surface area contributed by atoms with Gasteiger partial charge in [0.15, 0.2) is 0 Å². The zero-order chi connectivity index (χ0) is 15.7. The molecule has 1 N–H and O–H groups in total. The van der Waals surface area contributed by atoms with E-state index < -0.39 is 23.0 Å². The molecule has 0 spiro atoms. The van der Waals surface area contributed by atoms with Crippen LogP contribution in [0, 0.1) is 0 Å². The van der Waals surface area contributed by atoms with Crippen LogP contribution in [-0.4, -0.2) is 21.6 Å². The number of carbonyl (C=O) groups excluding carboxylic acids is 1. The Morgan fingerprint density at radius 3 is 2.59 bits per heavy atom. The molecule has 2 aromatic heterocycles. The van der Waals surface area contributed by atoms with Crippen LogP contribution in [0.1, 0.15) is 20.0 Å². The van der Waals surface area contributed by atoms with Crippen LogP contribution in [0.4, 0.5) is 0 Å². The quantitative estimate of drug-likeness (QED) is 0.806. The predicted octanol–water partition coefficient (Wildman–Crippen LogP) is 2.64. The Bertz CT molecular complexity index is 925. The summed E-state index contributed by atoms with van der Waals surface area (Å²) in [6.45, 7) is 0. The van der Waals surface area contributed by atoms with Gasteiger partial charge < -0.3 is 5.11 Å². The summed E-state index contributed by atoms with van der Waals surface area (Å²) in [5.41, 5.74) is -0.787. The Labute approximate surface area is 129 Å². The number of para-hydroxylation sites is 1. The molecule has 5 nitrogen and oxygen atoms in total. The molecule has 0 atom stereocenters. The lowest BCUT2D eigenvalue weighted by molar-refractivity contribution is 0.0694. The molecule has 22 heavy (non-hydrogen) atoms. The minimum absolute atomic E-state index is 0.0602. The number of hydrogen-bond acceptors (Lipinski definition) is 4. The van der Waals surface area contributed by atoms with Crippen molar-refractivity contribution < 1.29 is 14.7 Å². The summed E-state index contributed by atoms with van der Waals surface area (Å²) in [6.07, 6.45) is 0.0602. The van der Waals surface area contributed by atoms with E-state index in [-0.39, 0.29) is 6.42 Å². The van der Waals surface area contributed by atoms with E-state index in [9.17, 15) is 14.4 Å². The van der Waals surface area contributed by atoms with E-state index in [1.54, 1.807) is 30.3 Å². The van der Waals surface area contributed by atoms with Crippen molar-refractivity contribution in [3.8, 4) is 0 Å². The van der Waals surface area contributed by atoms with Crippen LogP contribution in [0.5, 0.6) is 0 Å². The monoisotopic (exact) mass is 313 g/mol. The summed E-state index contributed by atoms with van der Waals surface area (Å²) in [6, 6.07) is 11.7. The number of thiophene rings is 1. The molecule has 3 aromatic rings. The minimum Gasteiger partial charge on any atom is -0.477 e. The number of nitrogens with zero attached hydrogens (tertiary/aromatic N) is 1. The summed E-state index contributed by atoms with van der Waals surface area (Å²) < 4.78 is 0.957. The summed E-state index contributed by atoms with van der Waals surface area (Å²) in [7, 11) is 0. The van der Waals surface area contributed by atoms with E-state index >= 15 is 0 Å². The number of pyridine rings is 1. The van der Waals surface area contributed by atoms with Gasteiger partial charge in [0.05, 0.1) is 11.9 Å². The van der Waals surface area contributed by atoms with E-state index in [1.807, 2.05) is 11.4 Å². The Morgan fingerprint density at radius 1 is 1.14 bits per heavy atom. The third-order valence-corrected chi connectivity index (χ3v) is 4.17. The molecule has 0 aliphatic heterocycles. The zero-order valence-electron chi connectivity index (χ0n) is 11.4. The lowest BCUT2D eigenvalue weighted by Crippen LogP contribution is -2.32. The van der Waals surface area contributed by atoms with Crippen LogP contribution in [-0.2, 0) is 6.42 Å². The first kappa shape index (κ1) is 14.2. The van der Waals surface area contributed by atoms with Gasteiger partial charge in [-0.2, -0.15) is 0 Å². The molecule has 0 aliphatic carbocycles. The first-order valence-electron chi connectivity index (χ1n) is 6.51. The van der Waals surface area contributed by atoms with Crippen molar-refractivity contribution in [2.45, 2.75) is 6.42 Å². The fourth-order valence-electron chi connectivity index (χ4n) is 2.30. The molecule has 0 saturated heterocycles. The van der Waals surface area contributed by atoms with Crippen LogP contribution in [0.3, 0.4) is 0 Å². The van der Waals surface area contributed by atoms with Crippen LogP contribution < -0.4 is 5.56 Å². The van der Waals surface area contributed by atoms with Crippen molar-refractivity contribution in [3.05, 3.63) is 68.6 Å². The highest BCUT2D eigenvalue weighted by Gasteiger charge is 2.19. The Kier molecular flexibility index (Phi) is 3.60. The number of fused-ring (bicyclic) bond motifs is 1. The lowest BCUT2D eigenvalue weighted by atomic mass is 10.1. The lowest BCUT2D eigenvalue weighted by Gasteiger charge is -2.10. The van der Waals surface area contributed by atoms with Crippen LogP contribution in [0.15, 0.2) is 52.6 Å². The number of aromatic nitrogens is 1. The average Bonchev–Trinajstić information content (AvgIpc) is 2.99. The second-order valence-electron chi connectivity index (χ2n) is 4.71. The van der Waals surface area contributed by atoms with Crippen LogP contribution >= 0.6 is 11.3 Å². The molecular formula is C16H11NO4S. The van der Waals surface area contributed by atoms with E-state index in [1.165, 1.54) is 17.4 Å². The maximum absolute atomic E-state index is 12.5. The maximum atomic E-state index is 12.5. The molecule has 2 heterocycles. The van der Waals surface area contributed by atoms with Gasteiger partial charge in [-0.15, -0.1) is 11.3 Å². The molecule has 6 heteroatoms. The summed E-state index contributed by atoms with van der Waals surface area (Å²) in [5.74, 6) is -1.78. The standard InChI is InChI=1S/C16H11NO4S/c18-14(9-11-5-3-7-22-11)17-13-6-2-1-4-10(13)8-12(15(17)19)16(20)21/h1-8H,9H2,(H,20,21). The number of hydrogen-bond donors (Lipinski definition) is 1. The number of carboxylic acid groups (broad SMARTS) is 1. The molecule has 0 aliphatic rings. The van der Waals surface area contributed by atoms with E-state index in [0.717, 1.165) is 9.44 Å². The Balaban J connectivity index is 2.22. The topological polar surface area (TPSA) is 76.4 Å². The summed E-state index contributed by atoms with van der Waals surface area (Å²) in [5, 5.41) is 11.6. The van der Waals surface area contributed by atoms with Gasteiger partial charge in [-0.25, -0.2) is 9.36 Å². The van der Waals surface area contributed by atoms with Crippen molar-refractivity contribution in [2.24, 2.45) is 0 Å². The molecule has 110 valence electrons. The van der Waals surface area contributed by atoms with Crippen molar-refractivity contribution in [1.82, 2.24) is 4.57 Å². The van der Waals surface area contributed by atoms with Gasteiger partial charge in [0.25, 0.3) is 5.56 Å². The summed E-state index contributed by atoms with van der Waals surface area (Å²) in [4.78, 5) is 36.9. The second-order valence-corrected chi connectivity index (χ2v) is 5.74. The number of rotatable bonds is 3. The van der Waals surface area contributed by atoms with Gasteiger partial charge in [0.2, 0.25) is 5.91 Å². The molecule has 0 saturated carbocycles. The maximum Gasteiger partial charge on any atom is 0.341 e. The Morgan fingerprint density at radius 2 is 1.91 bits per heavy atom. The van der Waals surface area contributed by atoms with Crippen LogP contribution in [0.25, 0.3) is 10.9 Å². The van der Waals surface area contributed by atoms with Crippen molar-refractivity contribution in [1.29, 1.82) is 0 Å². The molecule has 3 rings (SSSR count). The van der Waals surface area contributed by atoms with Crippen molar-refractivity contribution in [2.75, 3.05) is 0 Å². The number of aromatic carboxylic acids is 1. The number of carboxylic acids is 1. The van der Waals surface area contributed by atoms with Crippen LogP contribution in [0.2, 0.25) is 0 Å². The van der Waals surface area contributed by atoms with E-state index in [2.05, 4.69) is 0 Å².